The van der Waals surface area contributed by atoms with Crippen molar-refractivity contribution >= 4 is 13.8 Å². The predicted octanol–water partition coefficient (Wildman–Crippen LogP) is 16.6. The van der Waals surface area contributed by atoms with Gasteiger partial charge in [0, 0.05) is 19.6 Å². The van der Waals surface area contributed by atoms with Crippen molar-refractivity contribution in [2.24, 2.45) is 5.73 Å². The van der Waals surface area contributed by atoms with Crippen LogP contribution >= 0.6 is 7.82 Å². The molecule has 0 radical (unpaired) electrons. The van der Waals surface area contributed by atoms with Crippen LogP contribution in [0, 0.1) is 0 Å². The van der Waals surface area contributed by atoms with E-state index in [0.717, 1.165) is 141 Å². The molecule has 0 heterocycles. The minimum Gasteiger partial charge on any atom is -0.457 e. The normalized spacial score (nSPS) is 14.6. The van der Waals surface area contributed by atoms with Crippen molar-refractivity contribution in [1.29, 1.82) is 0 Å². The van der Waals surface area contributed by atoms with Gasteiger partial charge in [-0.1, -0.05) is 198 Å². The molecule has 0 saturated carbocycles. The Labute approximate surface area is 415 Å². The van der Waals surface area contributed by atoms with Crippen LogP contribution in [0.4, 0.5) is 0 Å². The molecule has 382 valence electrons. The third kappa shape index (κ3) is 53.1. The van der Waals surface area contributed by atoms with Crippen molar-refractivity contribution in [2.45, 2.75) is 174 Å². The second kappa shape index (κ2) is 54.1. The van der Waals surface area contributed by atoms with Gasteiger partial charge in [0.25, 0.3) is 0 Å². The maximum atomic E-state index is 12.7. The Kier molecular flexibility index (Phi) is 51.0. The summed E-state index contributed by atoms with van der Waals surface area (Å²) >= 11 is 0. The molecule has 0 saturated heterocycles. The van der Waals surface area contributed by atoms with E-state index in [1.54, 1.807) is 0 Å². The molecule has 0 bridgehead atoms. The molecular weight excluding hydrogens is 866 g/mol. The van der Waals surface area contributed by atoms with Crippen LogP contribution in [0.1, 0.15) is 168 Å². The predicted molar refractivity (Wildman–Crippen MR) is 292 cm³/mol. The Bertz CT molecular complexity index is 1590. The third-order valence-electron chi connectivity index (χ3n) is 9.94. The Morgan fingerprint density at radius 2 is 0.779 bits per heavy atom. The van der Waals surface area contributed by atoms with Crippen molar-refractivity contribution < 1.29 is 32.8 Å². The molecule has 0 rings (SSSR count). The van der Waals surface area contributed by atoms with E-state index in [0.29, 0.717) is 13.0 Å². The SMILES string of the molecule is CC/C=C\C/C=C\C/C=C\C/C=C\C/C=C\C/C=C\C/C=C\CCCCCCOCC(COP(=O)(O)OCCN)OC(=O)CCCCCC/C=C\C/C=C\C/C=C\C/C=C\C/C=C\C/C=C\CC. The summed E-state index contributed by atoms with van der Waals surface area (Å²) in [6.07, 6.45) is 79.9. The summed E-state index contributed by atoms with van der Waals surface area (Å²) in [6, 6.07) is 0. The molecule has 8 nitrogen and oxygen atoms in total. The number of carbonyl (C=O) groups is 1. The first-order valence-electron chi connectivity index (χ1n) is 26.0. The van der Waals surface area contributed by atoms with Crippen LogP contribution < -0.4 is 5.73 Å². The zero-order valence-electron chi connectivity index (χ0n) is 42.5. The van der Waals surface area contributed by atoms with Gasteiger partial charge in [-0.2, -0.15) is 0 Å². The highest BCUT2D eigenvalue weighted by molar-refractivity contribution is 7.47. The molecule has 0 aliphatic rings. The fraction of sp³-hybridized carbons (Fsp3) is 0.542. The number of esters is 1. The van der Waals surface area contributed by atoms with Gasteiger partial charge in [-0.05, 0) is 122 Å². The fourth-order valence-corrected chi connectivity index (χ4v) is 6.98. The molecule has 0 amide bonds. The maximum absolute atomic E-state index is 12.7. The summed E-state index contributed by atoms with van der Waals surface area (Å²) in [5.74, 6) is -0.372. The van der Waals surface area contributed by atoms with Crippen LogP contribution in [0.3, 0.4) is 0 Å². The van der Waals surface area contributed by atoms with Gasteiger partial charge in [-0.3, -0.25) is 13.8 Å². The summed E-state index contributed by atoms with van der Waals surface area (Å²) in [5, 5.41) is 0. The Balaban J connectivity index is 4.13. The molecule has 0 fully saturated rings. The van der Waals surface area contributed by atoms with E-state index < -0.39 is 13.9 Å². The quantitative estimate of drug-likeness (QED) is 0.0268. The van der Waals surface area contributed by atoms with Crippen molar-refractivity contribution in [2.75, 3.05) is 33.0 Å². The number of hydrogen-bond acceptors (Lipinski definition) is 7. The molecule has 0 aromatic carbocycles. The van der Waals surface area contributed by atoms with E-state index >= 15 is 0 Å². The number of ether oxygens (including phenoxy) is 2. The van der Waals surface area contributed by atoms with E-state index in [1.165, 1.54) is 0 Å². The molecule has 68 heavy (non-hydrogen) atoms. The second-order valence-electron chi connectivity index (χ2n) is 16.3. The number of hydrogen-bond donors (Lipinski definition) is 2. The van der Waals surface area contributed by atoms with Gasteiger partial charge < -0.3 is 20.1 Å². The van der Waals surface area contributed by atoms with Gasteiger partial charge in [-0.15, -0.1) is 0 Å². The van der Waals surface area contributed by atoms with Crippen LogP contribution in [0.25, 0.3) is 0 Å². The van der Waals surface area contributed by atoms with E-state index in [-0.39, 0.29) is 38.8 Å². The molecule has 2 unspecified atom stereocenters. The van der Waals surface area contributed by atoms with E-state index in [9.17, 15) is 14.3 Å². The summed E-state index contributed by atoms with van der Waals surface area (Å²) in [5.41, 5.74) is 5.39. The summed E-state index contributed by atoms with van der Waals surface area (Å²) in [4.78, 5) is 22.6. The fourth-order valence-electron chi connectivity index (χ4n) is 6.21. The molecule has 2 atom stereocenters. The molecule has 0 aromatic rings. The van der Waals surface area contributed by atoms with Crippen LogP contribution in [-0.4, -0.2) is 49.9 Å². The van der Waals surface area contributed by atoms with E-state index in [4.69, 9.17) is 24.3 Å². The number of nitrogens with two attached hydrogens (primary N) is 1. The summed E-state index contributed by atoms with van der Waals surface area (Å²) < 4.78 is 33.5. The highest BCUT2D eigenvalue weighted by Gasteiger charge is 2.25. The molecule has 0 aromatic heterocycles. The van der Waals surface area contributed by atoms with Gasteiger partial charge in [0.05, 0.1) is 19.8 Å². The van der Waals surface area contributed by atoms with Crippen molar-refractivity contribution in [3.05, 3.63) is 158 Å². The average molecular weight is 960 g/mol. The van der Waals surface area contributed by atoms with Crippen LogP contribution in [-0.2, 0) is 27.9 Å². The van der Waals surface area contributed by atoms with Gasteiger partial charge in [-0.25, -0.2) is 4.57 Å². The van der Waals surface area contributed by atoms with E-state index in [2.05, 4.69) is 172 Å². The van der Waals surface area contributed by atoms with Crippen LogP contribution in [0.2, 0.25) is 0 Å². The summed E-state index contributed by atoms with van der Waals surface area (Å²) in [6.45, 7) is 4.55. The van der Waals surface area contributed by atoms with Gasteiger partial charge in [0.2, 0.25) is 0 Å². The summed E-state index contributed by atoms with van der Waals surface area (Å²) in [7, 11) is -4.31. The number of allylic oxidation sites excluding steroid dienone is 26. The first kappa shape index (κ1) is 64.1. The zero-order chi connectivity index (χ0) is 49.4. The highest BCUT2D eigenvalue weighted by atomic mass is 31.2. The lowest BCUT2D eigenvalue weighted by atomic mass is 10.1. The lowest BCUT2D eigenvalue weighted by molar-refractivity contribution is -0.154. The van der Waals surface area contributed by atoms with Crippen molar-refractivity contribution in [3.63, 3.8) is 0 Å². The second-order valence-corrected chi connectivity index (χ2v) is 17.7. The topological polar surface area (TPSA) is 117 Å². The maximum Gasteiger partial charge on any atom is 0.472 e. The first-order valence-corrected chi connectivity index (χ1v) is 27.5. The number of carbonyl (C=O) groups excluding carboxylic acids is 1. The largest absolute Gasteiger partial charge is 0.472 e. The van der Waals surface area contributed by atoms with Gasteiger partial charge >= 0.3 is 13.8 Å². The Morgan fingerprint density at radius 3 is 1.15 bits per heavy atom. The van der Waals surface area contributed by atoms with Crippen LogP contribution in [0.15, 0.2) is 158 Å². The molecule has 3 N–H and O–H groups in total. The van der Waals surface area contributed by atoms with Crippen molar-refractivity contribution in [1.82, 2.24) is 0 Å². The minimum absolute atomic E-state index is 0.0753. The molecular formula is C59H94NO7P. The third-order valence-corrected chi connectivity index (χ3v) is 10.9. The molecule has 9 heteroatoms. The van der Waals surface area contributed by atoms with E-state index in [1.807, 2.05) is 0 Å². The Hall–Kier alpha value is -3.88. The number of rotatable bonds is 47. The number of phosphoric ester groups is 1. The van der Waals surface area contributed by atoms with Crippen molar-refractivity contribution in [3.8, 4) is 0 Å². The van der Waals surface area contributed by atoms with Gasteiger partial charge in [0.15, 0.2) is 0 Å². The first-order chi connectivity index (χ1) is 33.4. The number of unbranched alkanes of at least 4 members (excludes halogenated alkanes) is 8. The molecule has 0 aliphatic carbocycles. The lowest BCUT2D eigenvalue weighted by Gasteiger charge is -2.20. The molecule has 0 aliphatic heterocycles. The lowest BCUT2D eigenvalue weighted by Crippen LogP contribution is -2.28. The van der Waals surface area contributed by atoms with Crippen LogP contribution in [0.5, 0.6) is 0 Å². The average Bonchev–Trinajstić information content (AvgIpc) is 3.33. The monoisotopic (exact) mass is 960 g/mol. The van der Waals surface area contributed by atoms with Gasteiger partial charge in [0.1, 0.15) is 6.10 Å². The number of phosphoric acid groups is 1. The highest BCUT2D eigenvalue weighted by Crippen LogP contribution is 2.43. The Morgan fingerprint density at radius 1 is 0.441 bits per heavy atom. The standard InChI is InChI=1S/C59H94NO7P/c1-3-5-7-9-11-13-15-17-19-21-23-25-27-28-29-31-33-35-37-39-41-43-45-47-49-51-54-64-56-58(57-66-68(62,63)65-55-53-60)67-59(61)52-50-48-46-44-42-40-38-36-34-32-30-26-24-22-20-18-16-14-12-10-8-6-4-2/h5-8,11-14,17-20,23-26,28-29,32-35,38-41,58H,3-4,9-10,15-16,21-22,27,30-31,36-37,42-57,60H2,1-2H3,(H,62,63)/b7-5-,8-6-,13-11-,14-12-,19-17-,20-18-,25-23-,26-24-,29-28-,34-32-,35-33-,40-38-,41-39-. The minimum atomic E-state index is -4.31. The zero-order valence-corrected chi connectivity index (χ0v) is 43.4. The molecule has 0 spiro atoms. The smallest absolute Gasteiger partial charge is 0.457 e.